The second kappa shape index (κ2) is 2.54. The molecular weight excluding hydrogens is 142 g/mol. The van der Waals surface area contributed by atoms with E-state index in [9.17, 15) is 4.79 Å². The molecule has 0 spiro atoms. The van der Waals surface area contributed by atoms with Gasteiger partial charge in [0.1, 0.15) is 0 Å². The fraction of sp³-hybridized carbons (Fsp3) is 0.571. The van der Waals surface area contributed by atoms with Crippen molar-refractivity contribution in [2.75, 3.05) is 13.1 Å². The molecule has 1 atom stereocenters. The van der Waals surface area contributed by atoms with E-state index in [1.54, 1.807) is 17.2 Å². The third-order valence-corrected chi connectivity index (χ3v) is 1.99. The van der Waals surface area contributed by atoms with E-state index in [1.807, 2.05) is 0 Å². The standard InChI is InChI=1S/C7H11N3O/c11-6-2-4-9-7-8-3-1-5-10(6)7/h2,4,7-9H,1,3,5H2. The highest BCUT2D eigenvalue weighted by molar-refractivity contribution is 5.88. The van der Waals surface area contributed by atoms with Gasteiger partial charge in [-0.05, 0) is 6.42 Å². The molecule has 0 aromatic heterocycles. The molecule has 2 heterocycles. The maximum atomic E-state index is 11.2. The quantitative estimate of drug-likeness (QED) is 0.479. The van der Waals surface area contributed by atoms with Crippen molar-refractivity contribution in [3.8, 4) is 0 Å². The van der Waals surface area contributed by atoms with Gasteiger partial charge < -0.3 is 10.2 Å². The van der Waals surface area contributed by atoms with Gasteiger partial charge in [0.05, 0.1) is 0 Å². The van der Waals surface area contributed by atoms with Gasteiger partial charge in [-0.2, -0.15) is 0 Å². The summed E-state index contributed by atoms with van der Waals surface area (Å²) in [5.41, 5.74) is 0. The van der Waals surface area contributed by atoms with Crippen molar-refractivity contribution in [3.05, 3.63) is 12.3 Å². The molecule has 1 saturated heterocycles. The molecule has 2 N–H and O–H groups in total. The molecule has 0 saturated carbocycles. The molecular formula is C7H11N3O. The van der Waals surface area contributed by atoms with Gasteiger partial charge >= 0.3 is 0 Å². The number of nitrogens with one attached hydrogen (secondary N) is 2. The lowest BCUT2D eigenvalue weighted by molar-refractivity contribution is -0.131. The van der Waals surface area contributed by atoms with Gasteiger partial charge in [0.15, 0.2) is 6.29 Å². The Morgan fingerprint density at radius 2 is 2.55 bits per heavy atom. The Balaban J connectivity index is 2.14. The number of fused-ring (bicyclic) bond motifs is 1. The first-order valence-electron chi connectivity index (χ1n) is 3.84. The average Bonchev–Trinajstić information content (AvgIpc) is 2.06. The van der Waals surface area contributed by atoms with Crippen LogP contribution in [0.15, 0.2) is 12.3 Å². The Labute approximate surface area is 65.2 Å². The topological polar surface area (TPSA) is 44.4 Å². The van der Waals surface area contributed by atoms with E-state index in [1.165, 1.54) is 0 Å². The molecule has 0 radical (unpaired) electrons. The van der Waals surface area contributed by atoms with Crippen molar-refractivity contribution in [3.63, 3.8) is 0 Å². The molecule has 60 valence electrons. The summed E-state index contributed by atoms with van der Waals surface area (Å²) in [5, 5.41) is 6.26. The molecule has 1 unspecified atom stereocenters. The summed E-state index contributed by atoms with van der Waals surface area (Å²) in [6, 6.07) is 0. The van der Waals surface area contributed by atoms with Crippen LogP contribution in [-0.2, 0) is 4.79 Å². The molecule has 0 bridgehead atoms. The summed E-state index contributed by atoms with van der Waals surface area (Å²) < 4.78 is 0. The van der Waals surface area contributed by atoms with E-state index in [2.05, 4.69) is 10.6 Å². The molecule has 1 fully saturated rings. The Morgan fingerprint density at radius 3 is 3.36 bits per heavy atom. The fourth-order valence-electron chi connectivity index (χ4n) is 1.42. The molecule has 1 amide bonds. The third-order valence-electron chi connectivity index (χ3n) is 1.99. The number of carbonyl (C=O) groups excluding carboxylic acids is 1. The van der Waals surface area contributed by atoms with Crippen LogP contribution in [0.1, 0.15) is 6.42 Å². The molecule has 2 aliphatic rings. The Kier molecular flexibility index (Phi) is 1.54. The van der Waals surface area contributed by atoms with Crippen LogP contribution in [0.25, 0.3) is 0 Å². The minimum Gasteiger partial charge on any atom is -0.359 e. The number of nitrogens with zero attached hydrogens (tertiary/aromatic N) is 1. The summed E-state index contributed by atoms with van der Waals surface area (Å²) in [6.07, 6.45) is 4.32. The zero-order valence-corrected chi connectivity index (χ0v) is 6.21. The largest absolute Gasteiger partial charge is 0.359 e. The molecule has 11 heavy (non-hydrogen) atoms. The van der Waals surface area contributed by atoms with Crippen LogP contribution in [0.5, 0.6) is 0 Å². The van der Waals surface area contributed by atoms with E-state index < -0.39 is 0 Å². The Morgan fingerprint density at radius 1 is 1.64 bits per heavy atom. The highest BCUT2D eigenvalue weighted by atomic mass is 16.2. The van der Waals surface area contributed by atoms with Gasteiger partial charge in [-0.1, -0.05) is 0 Å². The van der Waals surface area contributed by atoms with Crippen LogP contribution in [0.4, 0.5) is 0 Å². The van der Waals surface area contributed by atoms with E-state index in [-0.39, 0.29) is 12.2 Å². The van der Waals surface area contributed by atoms with Crippen LogP contribution < -0.4 is 10.6 Å². The first-order chi connectivity index (χ1) is 5.38. The zero-order valence-electron chi connectivity index (χ0n) is 6.21. The summed E-state index contributed by atoms with van der Waals surface area (Å²) in [4.78, 5) is 13.0. The van der Waals surface area contributed by atoms with Crippen molar-refractivity contribution >= 4 is 5.91 Å². The normalized spacial score (nSPS) is 29.6. The fourth-order valence-corrected chi connectivity index (χ4v) is 1.42. The second-order valence-corrected chi connectivity index (χ2v) is 2.74. The van der Waals surface area contributed by atoms with Crippen molar-refractivity contribution < 1.29 is 4.79 Å². The van der Waals surface area contributed by atoms with Crippen LogP contribution in [0.2, 0.25) is 0 Å². The monoisotopic (exact) mass is 153 g/mol. The predicted octanol–water partition coefficient (Wildman–Crippen LogP) is -0.791. The summed E-state index contributed by atoms with van der Waals surface area (Å²) in [6.45, 7) is 1.84. The number of amides is 1. The van der Waals surface area contributed by atoms with E-state index >= 15 is 0 Å². The molecule has 2 rings (SSSR count). The maximum Gasteiger partial charge on any atom is 0.250 e. The van der Waals surface area contributed by atoms with Crippen LogP contribution in [-0.4, -0.2) is 30.2 Å². The van der Waals surface area contributed by atoms with Crippen LogP contribution in [0, 0.1) is 0 Å². The number of rotatable bonds is 0. The second-order valence-electron chi connectivity index (χ2n) is 2.74. The molecule has 4 heteroatoms. The summed E-state index contributed by atoms with van der Waals surface area (Å²) in [7, 11) is 0. The third kappa shape index (κ3) is 1.09. The average molecular weight is 153 g/mol. The predicted molar refractivity (Wildman–Crippen MR) is 40.4 cm³/mol. The van der Waals surface area contributed by atoms with Gasteiger partial charge in [0, 0.05) is 25.4 Å². The highest BCUT2D eigenvalue weighted by Gasteiger charge is 2.25. The van der Waals surface area contributed by atoms with Crippen molar-refractivity contribution in [2.45, 2.75) is 12.7 Å². The lowest BCUT2D eigenvalue weighted by Gasteiger charge is -2.37. The van der Waals surface area contributed by atoms with Gasteiger partial charge in [-0.15, -0.1) is 0 Å². The van der Waals surface area contributed by atoms with Crippen molar-refractivity contribution in [1.82, 2.24) is 15.5 Å². The number of carbonyl (C=O) groups is 1. The summed E-state index contributed by atoms with van der Waals surface area (Å²) >= 11 is 0. The van der Waals surface area contributed by atoms with Gasteiger partial charge in [-0.25, -0.2) is 0 Å². The molecule has 0 aromatic carbocycles. The molecule has 0 aliphatic carbocycles. The van der Waals surface area contributed by atoms with Crippen LogP contribution >= 0.6 is 0 Å². The maximum absolute atomic E-state index is 11.2. The van der Waals surface area contributed by atoms with Crippen LogP contribution in [0.3, 0.4) is 0 Å². The first kappa shape index (κ1) is 6.67. The van der Waals surface area contributed by atoms with E-state index in [0.29, 0.717) is 0 Å². The van der Waals surface area contributed by atoms with Gasteiger partial charge in [-0.3, -0.25) is 10.1 Å². The van der Waals surface area contributed by atoms with Crippen molar-refractivity contribution in [2.24, 2.45) is 0 Å². The molecule has 2 aliphatic heterocycles. The number of hydrogen-bond donors (Lipinski definition) is 2. The Hall–Kier alpha value is -1.03. The zero-order chi connectivity index (χ0) is 7.68. The number of hydrogen-bond acceptors (Lipinski definition) is 3. The van der Waals surface area contributed by atoms with E-state index in [4.69, 9.17) is 0 Å². The van der Waals surface area contributed by atoms with Gasteiger partial charge in [0.2, 0.25) is 0 Å². The lowest BCUT2D eigenvalue weighted by atomic mass is 10.2. The Bertz CT molecular complexity index is 202. The minimum absolute atomic E-state index is 0.0289. The SMILES string of the molecule is O=C1C=CNC2NCCCN12. The molecule has 0 aromatic rings. The molecule has 4 nitrogen and oxygen atoms in total. The lowest BCUT2D eigenvalue weighted by Crippen LogP contribution is -2.60. The highest BCUT2D eigenvalue weighted by Crippen LogP contribution is 2.06. The van der Waals surface area contributed by atoms with Crippen molar-refractivity contribution in [1.29, 1.82) is 0 Å². The smallest absolute Gasteiger partial charge is 0.250 e. The van der Waals surface area contributed by atoms with E-state index in [0.717, 1.165) is 19.5 Å². The summed E-state index contributed by atoms with van der Waals surface area (Å²) in [5.74, 6) is 0.0981. The first-order valence-corrected chi connectivity index (χ1v) is 3.84. The minimum atomic E-state index is 0.0289. The van der Waals surface area contributed by atoms with Gasteiger partial charge in [0.25, 0.3) is 5.91 Å².